The van der Waals surface area contributed by atoms with Crippen molar-refractivity contribution < 1.29 is 14.6 Å². The van der Waals surface area contributed by atoms with E-state index in [9.17, 15) is 4.79 Å². The van der Waals surface area contributed by atoms with E-state index in [0.29, 0.717) is 0 Å². The van der Waals surface area contributed by atoms with Gasteiger partial charge in [-0.15, -0.1) is 0 Å². The van der Waals surface area contributed by atoms with Gasteiger partial charge in [0.05, 0.1) is 12.5 Å². The Kier molecular flexibility index (Phi) is 8.53. The van der Waals surface area contributed by atoms with Gasteiger partial charge < -0.3 is 9.84 Å². The van der Waals surface area contributed by atoms with Gasteiger partial charge in [-0.05, 0) is 19.3 Å². The van der Waals surface area contributed by atoms with E-state index in [1.807, 2.05) is 6.92 Å². The van der Waals surface area contributed by atoms with Crippen molar-refractivity contribution in [2.45, 2.75) is 45.6 Å². The maximum Gasteiger partial charge on any atom is 0.199 e. The first-order valence-electron chi connectivity index (χ1n) is 5.41. The summed E-state index contributed by atoms with van der Waals surface area (Å²) in [6.45, 7) is 4.06. The second-order valence-corrected chi connectivity index (χ2v) is 3.27. The first-order chi connectivity index (χ1) is 7.26. The molecule has 0 aromatic heterocycles. The molecule has 1 heterocycles. The van der Waals surface area contributed by atoms with Crippen LogP contribution in [0.2, 0.25) is 0 Å². The van der Waals surface area contributed by atoms with E-state index in [1.165, 1.54) is 25.2 Å². The highest BCUT2D eigenvalue weighted by atomic mass is 16.5. The van der Waals surface area contributed by atoms with E-state index in [4.69, 9.17) is 9.84 Å². The maximum absolute atomic E-state index is 10.6. The van der Waals surface area contributed by atoms with Crippen molar-refractivity contribution in [1.82, 2.24) is 0 Å². The summed E-state index contributed by atoms with van der Waals surface area (Å²) in [5, 5.41) is 8.11. The fraction of sp³-hybridized carbons (Fsp3) is 0.583. The average Bonchev–Trinajstić information content (AvgIpc) is 2.66. The van der Waals surface area contributed by atoms with Gasteiger partial charge in [-0.1, -0.05) is 26.3 Å². The minimum atomic E-state index is -0.185. The summed E-state index contributed by atoms with van der Waals surface area (Å²) < 4.78 is 4.88. The standard InChI is InChI=1S/C6H8O2.C6H12O/c1-2-6-5(7)3-4-8-6;1-2-3-4-5-6-7/h3-4,6H,2H2,1H3;5-7H,2-4H2,1H3. The zero-order chi connectivity index (χ0) is 11.5. The Bertz CT molecular complexity index is 219. The highest BCUT2D eigenvalue weighted by Crippen LogP contribution is 2.07. The molecule has 1 atom stereocenters. The van der Waals surface area contributed by atoms with Crippen LogP contribution in [0.4, 0.5) is 0 Å². The van der Waals surface area contributed by atoms with E-state index in [2.05, 4.69) is 6.92 Å². The predicted molar refractivity (Wildman–Crippen MR) is 60.6 cm³/mol. The fourth-order valence-electron chi connectivity index (χ4n) is 1.07. The number of hydrogen-bond donors (Lipinski definition) is 1. The minimum absolute atomic E-state index is 0.0903. The van der Waals surface area contributed by atoms with E-state index in [0.717, 1.165) is 19.1 Å². The van der Waals surface area contributed by atoms with Crippen LogP contribution in [0.25, 0.3) is 0 Å². The number of hydrogen-bond acceptors (Lipinski definition) is 3. The largest absolute Gasteiger partial charge is 0.516 e. The highest BCUT2D eigenvalue weighted by Gasteiger charge is 2.17. The second kappa shape index (κ2) is 9.31. The molecule has 15 heavy (non-hydrogen) atoms. The van der Waals surface area contributed by atoms with Gasteiger partial charge in [0.15, 0.2) is 11.9 Å². The molecule has 0 aromatic carbocycles. The van der Waals surface area contributed by atoms with Crippen molar-refractivity contribution in [3.63, 3.8) is 0 Å². The number of carbonyl (C=O) groups is 1. The van der Waals surface area contributed by atoms with Crippen LogP contribution in [0.1, 0.15) is 39.5 Å². The van der Waals surface area contributed by atoms with Gasteiger partial charge in [-0.25, -0.2) is 0 Å². The zero-order valence-corrected chi connectivity index (χ0v) is 9.48. The summed E-state index contributed by atoms with van der Waals surface area (Å²) in [6, 6.07) is 0. The molecule has 0 aromatic rings. The van der Waals surface area contributed by atoms with E-state index >= 15 is 0 Å². The summed E-state index contributed by atoms with van der Waals surface area (Å²) in [5.41, 5.74) is 0. The number of unbranched alkanes of at least 4 members (excludes halogenated alkanes) is 2. The van der Waals surface area contributed by atoms with Crippen LogP contribution in [-0.4, -0.2) is 17.0 Å². The van der Waals surface area contributed by atoms with Crippen LogP contribution in [0.5, 0.6) is 0 Å². The minimum Gasteiger partial charge on any atom is -0.516 e. The normalized spacial score (nSPS) is 18.8. The number of aliphatic hydroxyl groups is 1. The molecule has 0 spiro atoms. The van der Waals surface area contributed by atoms with Crippen molar-refractivity contribution in [2.24, 2.45) is 0 Å². The Morgan fingerprint density at radius 3 is 2.60 bits per heavy atom. The molecule has 0 saturated heterocycles. The molecule has 3 nitrogen and oxygen atoms in total. The lowest BCUT2D eigenvalue weighted by atomic mass is 10.2. The molecule has 1 rings (SSSR count). The lowest BCUT2D eigenvalue weighted by Gasteiger charge is -2.01. The maximum atomic E-state index is 10.6. The van der Waals surface area contributed by atoms with E-state index < -0.39 is 0 Å². The van der Waals surface area contributed by atoms with Gasteiger partial charge in [0.1, 0.15) is 0 Å². The number of ketones is 1. The van der Waals surface area contributed by atoms with Crippen molar-refractivity contribution in [1.29, 1.82) is 0 Å². The fourth-order valence-corrected chi connectivity index (χ4v) is 1.07. The van der Waals surface area contributed by atoms with Crippen molar-refractivity contribution >= 4 is 5.78 Å². The molecule has 0 radical (unpaired) electrons. The third kappa shape index (κ3) is 6.77. The second-order valence-electron chi connectivity index (χ2n) is 3.27. The molecule has 0 bridgehead atoms. The van der Waals surface area contributed by atoms with E-state index in [1.54, 1.807) is 6.08 Å². The van der Waals surface area contributed by atoms with Crippen molar-refractivity contribution in [2.75, 3.05) is 0 Å². The summed E-state index contributed by atoms with van der Waals surface area (Å²) in [4.78, 5) is 10.6. The van der Waals surface area contributed by atoms with Crippen molar-refractivity contribution in [3.05, 3.63) is 24.7 Å². The number of rotatable bonds is 4. The van der Waals surface area contributed by atoms with Crippen LogP contribution in [-0.2, 0) is 9.53 Å². The number of carbonyl (C=O) groups excluding carboxylic acids is 1. The van der Waals surface area contributed by atoms with Gasteiger partial charge in [-0.2, -0.15) is 0 Å². The predicted octanol–water partition coefficient (Wildman–Crippen LogP) is 3.13. The summed E-state index contributed by atoms with van der Waals surface area (Å²) in [6.07, 6.45) is 9.76. The third-order valence-electron chi connectivity index (χ3n) is 1.99. The van der Waals surface area contributed by atoms with Gasteiger partial charge >= 0.3 is 0 Å². The number of ether oxygens (including phenoxy) is 1. The highest BCUT2D eigenvalue weighted by molar-refractivity contribution is 5.94. The quantitative estimate of drug-likeness (QED) is 0.575. The topological polar surface area (TPSA) is 46.5 Å². The third-order valence-corrected chi connectivity index (χ3v) is 1.99. The Morgan fingerprint density at radius 2 is 2.27 bits per heavy atom. The summed E-state index contributed by atoms with van der Waals surface area (Å²) in [7, 11) is 0. The molecule has 3 heteroatoms. The molecular formula is C12H20O3. The number of aliphatic hydroxyl groups excluding tert-OH is 1. The Labute approximate surface area is 91.4 Å². The molecule has 1 unspecified atom stereocenters. The van der Waals surface area contributed by atoms with Crippen LogP contribution in [0.15, 0.2) is 24.7 Å². The van der Waals surface area contributed by atoms with Gasteiger partial charge in [0.2, 0.25) is 0 Å². The summed E-state index contributed by atoms with van der Waals surface area (Å²) >= 11 is 0. The first kappa shape index (κ1) is 13.8. The van der Waals surface area contributed by atoms with Crippen molar-refractivity contribution in [3.8, 4) is 0 Å². The van der Waals surface area contributed by atoms with Crippen LogP contribution in [0.3, 0.4) is 0 Å². The van der Waals surface area contributed by atoms with Crippen LogP contribution >= 0.6 is 0 Å². The number of allylic oxidation sites excluding steroid dienone is 1. The average molecular weight is 212 g/mol. The molecule has 1 N–H and O–H groups in total. The summed E-state index contributed by atoms with van der Waals surface area (Å²) in [5.74, 6) is 0.0903. The first-order valence-corrected chi connectivity index (χ1v) is 5.41. The molecule has 1 aliphatic rings. The Morgan fingerprint density at radius 1 is 1.53 bits per heavy atom. The molecule has 0 aliphatic carbocycles. The lowest BCUT2D eigenvalue weighted by Crippen LogP contribution is -2.13. The van der Waals surface area contributed by atoms with Gasteiger partial charge in [0, 0.05) is 6.08 Å². The molecule has 86 valence electrons. The Balaban J connectivity index is 0.000000265. The zero-order valence-electron chi connectivity index (χ0n) is 9.48. The molecule has 1 aliphatic heterocycles. The molecule has 0 saturated carbocycles. The van der Waals surface area contributed by atoms with E-state index in [-0.39, 0.29) is 11.9 Å². The monoisotopic (exact) mass is 212 g/mol. The smallest absolute Gasteiger partial charge is 0.199 e. The molecular weight excluding hydrogens is 192 g/mol. The lowest BCUT2D eigenvalue weighted by molar-refractivity contribution is -0.120. The SMILES string of the molecule is CCC1OC=CC1=O.CCCCC=CO. The van der Waals surface area contributed by atoms with Gasteiger partial charge in [0.25, 0.3) is 0 Å². The Hall–Kier alpha value is -1.25. The van der Waals surface area contributed by atoms with Gasteiger partial charge in [-0.3, -0.25) is 4.79 Å². The van der Waals surface area contributed by atoms with Crippen LogP contribution in [0, 0.1) is 0 Å². The van der Waals surface area contributed by atoms with Crippen LogP contribution < -0.4 is 0 Å². The molecule has 0 fully saturated rings. The molecule has 0 amide bonds.